The lowest BCUT2D eigenvalue weighted by Crippen LogP contribution is -2.24. The molecule has 0 aromatic carbocycles. The molecule has 2 rings (SSSR count). The van der Waals surface area contributed by atoms with Crippen LogP contribution in [0.1, 0.15) is 18.1 Å². The van der Waals surface area contributed by atoms with Crippen LogP contribution < -0.4 is 5.73 Å². The standard InChI is InChI=1S/C10H13FN2O3/c11-10-5(1-2-9(12)13-10)7-3-6(15)8(4-14)16-7/h1-2,6-8,14-15H,3-4H2,(H2,12,13)/t6-,7+,8+/m0/s1. The van der Waals surface area contributed by atoms with Gasteiger partial charge in [-0.25, -0.2) is 4.98 Å². The number of rotatable bonds is 2. The molecule has 5 nitrogen and oxygen atoms in total. The molecule has 0 radical (unpaired) electrons. The number of nitrogens with zero attached hydrogens (tertiary/aromatic N) is 1. The summed E-state index contributed by atoms with van der Waals surface area (Å²) >= 11 is 0. The van der Waals surface area contributed by atoms with Gasteiger partial charge in [-0.05, 0) is 12.1 Å². The van der Waals surface area contributed by atoms with E-state index in [1.54, 1.807) is 0 Å². The Bertz CT molecular complexity index is 388. The Balaban J connectivity index is 2.20. The van der Waals surface area contributed by atoms with Crippen molar-refractivity contribution in [2.45, 2.75) is 24.7 Å². The number of halogens is 1. The summed E-state index contributed by atoms with van der Waals surface area (Å²) in [5, 5.41) is 18.4. The van der Waals surface area contributed by atoms with Gasteiger partial charge in [0.25, 0.3) is 0 Å². The molecule has 0 saturated carbocycles. The number of hydrogen-bond acceptors (Lipinski definition) is 5. The van der Waals surface area contributed by atoms with Crippen molar-refractivity contribution < 1.29 is 19.3 Å². The number of hydrogen-bond donors (Lipinski definition) is 3. The molecule has 1 fully saturated rings. The minimum Gasteiger partial charge on any atom is -0.394 e. The van der Waals surface area contributed by atoms with Crippen molar-refractivity contribution in [1.29, 1.82) is 0 Å². The number of aliphatic hydroxyl groups excluding tert-OH is 2. The van der Waals surface area contributed by atoms with Gasteiger partial charge in [-0.1, -0.05) is 0 Å². The minimum atomic E-state index is -0.785. The fourth-order valence-corrected chi connectivity index (χ4v) is 1.79. The fourth-order valence-electron chi connectivity index (χ4n) is 1.79. The second-order valence-corrected chi connectivity index (χ2v) is 3.76. The smallest absolute Gasteiger partial charge is 0.220 e. The van der Waals surface area contributed by atoms with E-state index in [9.17, 15) is 9.50 Å². The van der Waals surface area contributed by atoms with E-state index in [2.05, 4.69) is 4.98 Å². The third-order valence-corrected chi connectivity index (χ3v) is 2.65. The molecule has 6 heteroatoms. The molecular weight excluding hydrogens is 215 g/mol. The highest BCUT2D eigenvalue weighted by molar-refractivity contribution is 5.31. The zero-order chi connectivity index (χ0) is 11.7. The van der Waals surface area contributed by atoms with Gasteiger partial charge in [0.1, 0.15) is 11.9 Å². The van der Waals surface area contributed by atoms with Crippen molar-refractivity contribution in [2.24, 2.45) is 0 Å². The van der Waals surface area contributed by atoms with Crippen LogP contribution in [0, 0.1) is 5.95 Å². The van der Waals surface area contributed by atoms with Crippen LogP contribution in [0.4, 0.5) is 10.2 Å². The lowest BCUT2D eigenvalue weighted by molar-refractivity contribution is -0.0235. The average Bonchev–Trinajstić information content (AvgIpc) is 2.59. The molecule has 1 aromatic heterocycles. The lowest BCUT2D eigenvalue weighted by atomic mass is 10.1. The number of ether oxygens (including phenoxy) is 1. The summed E-state index contributed by atoms with van der Waals surface area (Å²) in [6, 6.07) is 2.95. The quantitative estimate of drug-likeness (QED) is 0.619. The molecule has 2 heterocycles. The molecule has 16 heavy (non-hydrogen) atoms. The first kappa shape index (κ1) is 11.3. The predicted octanol–water partition coefficient (Wildman–Crippen LogP) is -0.0139. The molecular formula is C10H13FN2O3. The highest BCUT2D eigenvalue weighted by Crippen LogP contribution is 2.33. The monoisotopic (exact) mass is 228 g/mol. The molecule has 1 aliphatic rings. The highest BCUT2D eigenvalue weighted by Gasteiger charge is 2.35. The summed E-state index contributed by atoms with van der Waals surface area (Å²) in [4.78, 5) is 3.48. The van der Waals surface area contributed by atoms with Gasteiger partial charge in [-0.15, -0.1) is 0 Å². The summed E-state index contributed by atoms with van der Waals surface area (Å²) in [7, 11) is 0. The normalized spacial score (nSPS) is 29.6. The fraction of sp³-hybridized carbons (Fsp3) is 0.500. The van der Waals surface area contributed by atoms with Gasteiger partial charge < -0.3 is 20.7 Å². The zero-order valence-corrected chi connectivity index (χ0v) is 8.51. The van der Waals surface area contributed by atoms with Crippen LogP contribution in [0.3, 0.4) is 0 Å². The second-order valence-electron chi connectivity index (χ2n) is 3.76. The number of anilines is 1. The Morgan fingerprint density at radius 2 is 2.31 bits per heavy atom. The lowest BCUT2D eigenvalue weighted by Gasteiger charge is -2.12. The summed E-state index contributed by atoms with van der Waals surface area (Å²) in [6.45, 7) is -0.290. The van der Waals surface area contributed by atoms with Gasteiger partial charge in [-0.2, -0.15) is 4.39 Å². The Labute approximate surface area is 91.7 Å². The van der Waals surface area contributed by atoms with Gasteiger partial charge >= 0.3 is 0 Å². The van der Waals surface area contributed by atoms with Crippen molar-refractivity contribution in [2.75, 3.05) is 12.3 Å². The average molecular weight is 228 g/mol. The van der Waals surface area contributed by atoms with Crippen LogP contribution >= 0.6 is 0 Å². The van der Waals surface area contributed by atoms with Gasteiger partial charge in [0.05, 0.1) is 18.8 Å². The van der Waals surface area contributed by atoms with Crippen LogP contribution in [0.25, 0.3) is 0 Å². The van der Waals surface area contributed by atoms with E-state index in [-0.39, 0.29) is 24.4 Å². The van der Waals surface area contributed by atoms with Crippen LogP contribution in [-0.2, 0) is 4.74 Å². The largest absolute Gasteiger partial charge is 0.394 e. The van der Waals surface area contributed by atoms with Crippen molar-refractivity contribution >= 4 is 5.82 Å². The molecule has 0 bridgehead atoms. The maximum atomic E-state index is 13.4. The van der Waals surface area contributed by atoms with Crippen molar-refractivity contribution in [3.63, 3.8) is 0 Å². The Kier molecular flexibility index (Phi) is 3.04. The van der Waals surface area contributed by atoms with Gasteiger partial charge in [0, 0.05) is 12.0 Å². The number of pyridine rings is 1. The van der Waals surface area contributed by atoms with Gasteiger partial charge in [0.2, 0.25) is 5.95 Å². The highest BCUT2D eigenvalue weighted by atomic mass is 19.1. The van der Waals surface area contributed by atoms with Crippen molar-refractivity contribution in [3.05, 3.63) is 23.6 Å². The molecule has 0 amide bonds. The van der Waals surface area contributed by atoms with E-state index < -0.39 is 24.3 Å². The Morgan fingerprint density at radius 1 is 1.56 bits per heavy atom. The van der Waals surface area contributed by atoms with Crippen molar-refractivity contribution in [1.82, 2.24) is 4.98 Å². The molecule has 1 saturated heterocycles. The third kappa shape index (κ3) is 1.99. The van der Waals surface area contributed by atoms with E-state index >= 15 is 0 Å². The summed E-state index contributed by atoms with van der Waals surface area (Å²) in [6.07, 6.45) is -1.79. The first-order chi connectivity index (χ1) is 7.61. The molecule has 1 aromatic rings. The van der Waals surface area contributed by atoms with Gasteiger partial charge in [-0.3, -0.25) is 0 Å². The minimum absolute atomic E-state index is 0.0958. The molecule has 0 spiro atoms. The SMILES string of the molecule is Nc1ccc([C@H]2C[C@H](O)[C@@H](CO)O2)c(F)n1. The van der Waals surface area contributed by atoms with Crippen LogP contribution in [-0.4, -0.2) is 34.0 Å². The summed E-state index contributed by atoms with van der Waals surface area (Å²) < 4.78 is 18.8. The van der Waals surface area contributed by atoms with Crippen LogP contribution in [0.2, 0.25) is 0 Å². The molecule has 4 N–H and O–H groups in total. The van der Waals surface area contributed by atoms with E-state index in [1.165, 1.54) is 12.1 Å². The maximum absolute atomic E-state index is 13.4. The molecule has 1 aliphatic heterocycles. The number of nitrogens with two attached hydrogens (primary N) is 1. The number of aliphatic hydroxyl groups is 2. The first-order valence-electron chi connectivity index (χ1n) is 4.98. The van der Waals surface area contributed by atoms with E-state index in [0.29, 0.717) is 0 Å². The first-order valence-corrected chi connectivity index (χ1v) is 4.98. The number of nitrogen functional groups attached to an aromatic ring is 1. The van der Waals surface area contributed by atoms with Crippen LogP contribution in [0.15, 0.2) is 12.1 Å². The zero-order valence-electron chi connectivity index (χ0n) is 8.51. The van der Waals surface area contributed by atoms with Crippen molar-refractivity contribution in [3.8, 4) is 0 Å². The molecule has 88 valence electrons. The number of aromatic nitrogens is 1. The Hall–Kier alpha value is -1.24. The third-order valence-electron chi connectivity index (χ3n) is 2.65. The van der Waals surface area contributed by atoms with Gasteiger partial charge in [0.15, 0.2) is 0 Å². The second kappa shape index (κ2) is 4.32. The topological polar surface area (TPSA) is 88.6 Å². The molecule has 0 aliphatic carbocycles. The Morgan fingerprint density at radius 3 is 2.88 bits per heavy atom. The molecule has 3 atom stereocenters. The maximum Gasteiger partial charge on any atom is 0.220 e. The summed E-state index contributed by atoms with van der Waals surface area (Å²) in [5.41, 5.74) is 5.58. The summed E-state index contributed by atoms with van der Waals surface area (Å²) in [5.74, 6) is -0.603. The predicted molar refractivity (Wildman–Crippen MR) is 53.9 cm³/mol. The van der Waals surface area contributed by atoms with E-state index in [0.717, 1.165) is 0 Å². The van der Waals surface area contributed by atoms with Crippen LogP contribution in [0.5, 0.6) is 0 Å². The van der Waals surface area contributed by atoms with E-state index in [4.69, 9.17) is 15.6 Å². The molecule has 0 unspecified atom stereocenters. The van der Waals surface area contributed by atoms with E-state index in [1.807, 2.05) is 0 Å².